The molecule has 0 amide bonds. The van der Waals surface area contributed by atoms with Gasteiger partial charge in [0.2, 0.25) is 0 Å². The topological polar surface area (TPSA) is 294 Å². The first-order valence-corrected chi connectivity index (χ1v) is 9.56. The molecule has 19 heteroatoms. The molecule has 2 aromatic rings. The third-order valence-corrected chi connectivity index (χ3v) is 4.44. The zero-order valence-corrected chi connectivity index (χ0v) is 17.9. The summed E-state index contributed by atoms with van der Waals surface area (Å²) in [6.07, 6.45) is -2.57. The van der Waals surface area contributed by atoms with E-state index in [0.29, 0.717) is 6.07 Å². The molecule has 2 atom stereocenters. The number of nitro groups is 1. The van der Waals surface area contributed by atoms with Gasteiger partial charge in [-0.05, 0) is 30.3 Å². The van der Waals surface area contributed by atoms with Crippen LogP contribution in [0.3, 0.4) is 0 Å². The summed E-state index contributed by atoms with van der Waals surface area (Å²) in [7, 11) is 0. The average Bonchev–Trinajstić information content (AvgIpc) is 2.84. The van der Waals surface area contributed by atoms with Crippen molar-refractivity contribution in [1.82, 2.24) is 10.9 Å². The van der Waals surface area contributed by atoms with Gasteiger partial charge in [-0.25, -0.2) is 0 Å². The fourth-order valence-corrected chi connectivity index (χ4v) is 2.63. The van der Waals surface area contributed by atoms with Crippen LogP contribution in [0.2, 0.25) is 0 Å². The minimum Gasteiger partial charge on any atom is -0.769 e. The van der Waals surface area contributed by atoms with Crippen molar-refractivity contribution in [3.8, 4) is 0 Å². The van der Waals surface area contributed by atoms with Crippen molar-refractivity contribution in [2.75, 3.05) is 33.1 Å². The van der Waals surface area contributed by atoms with Crippen LogP contribution in [0.4, 0.5) is 34.1 Å². The molecule has 0 aliphatic carbocycles. The zero-order chi connectivity index (χ0) is 27.0. The maximum Gasteiger partial charge on any atom is 0.296 e. The number of nitrogens with one attached hydrogen (secondary N) is 4. The first-order valence-electron chi connectivity index (χ1n) is 9.56. The van der Waals surface area contributed by atoms with Crippen LogP contribution in [0.15, 0.2) is 48.3 Å². The van der Waals surface area contributed by atoms with E-state index < -0.39 is 62.2 Å². The molecule has 0 bridgehead atoms. The SMILES string of the molecule is O=[N+]([O-])c1cc(N([O-])[O-])ccc1NNC=C(NNc1ccc(N([O-])[O-])cc1N(O)O)[C@H](O)[C@H](O)CO. The summed E-state index contributed by atoms with van der Waals surface area (Å²) < 4.78 is 0. The molecular formula is C17H20N8O11-4. The Morgan fingerprint density at radius 3 is 2.08 bits per heavy atom. The van der Waals surface area contributed by atoms with Crippen molar-refractivity contribution in [3.63, 3.8) is 0 Å². The summed E-state index contributed by atoms with van der Waals surface area (Å²) in [6, 6.07) is 5.66. The van der Waals surface area contributed by atoms with Crippen molar-refractivity contribution in [3.05, 3.63) is 79.2 Å². The summed E-state index contributed by atoms with van der Waals surface area (Å²) in [5, 5.41) is 101. The Labute approximate surface area is 201 Å². The molecule has 0 saturated heterocycles. The van der Waals surface area contributed by atoms with Crippen molar-refractivity contribution in [2.45, 2.75) is 12.2 Å². The Morgan fingerprint density at radius 2 is 1.56 bits per heavy atom. The van der Waals surface area contributed by atoms with Gasteiger partial charge in [-0.15, -0.1) is 5.23 Å². The number of aliphatic hydroxyl groups is 3. The molecular weight excluding hydrogens is 492 g/mol. The van der Waals surface area contributed by atoms with E-state index in [0.717, 1.165) is 36.5 Å². The largest absolute Gasteiger partial charge is 0.769 e. The van der Waals surface area contributed by atoms with Crippen LogP contribution >= 0.6 is 0 Å². The fourth-order valence-electron chi connectivity index (χ4n) is 2.63. The molecule has 0 radical (unpaired) electrons. The standard InChI is InChI=1S/C17H20N8O11/c26-8-16(27)17(28)13(21-20-12-4-2-10(23(31)32)6-15(12)25(35)36)7-18-19-11-3-1-9(22(29)30)5-14(11)24(33)34/h1-7,16-21,26-28,35-36H,8H2/q-4/t16-,17+/m1/s1. The third-order valence-electron chi connectivity index (χ3n) is 4.44. The quantitative estimate of drug-likeness (QED) is 0.125. The molecule has 0 fully saturated rings. The van der Waals surface area contributed by atoms with Crippen molar-refractivity contribution < 1.29 is 30.7 Å². The minimum atomic E-state index is -1.80. The summed E-state index contributed by atoms with van der Waals surface area (Å²) in [6.45, 7) is -0.884. The molecule has 0 saturated carbocycles. The molecule has 0 heterocycles. The highest BCUT2D eigenvalue weighted by Crippen LogP contribution is 2.30. The summed E-state index contributed by atoms with van der Waals surface area (Å²) >= 11 is 0. The Kier molecular flexibility index (Phi) is 9.74. The number of hydrogen-bond donors (Lipinski definition) is 9. The van der Waals surface area contributed by atoms with Gasteiger partial charge in [0.25, 0.3) is 5.69 Å². The summed E-state index contributed by atoms with van der Waals surface area (Å²) in [5.74, 6) is 0. The normalized spacial score (nSPS) is 12.9. The maximum atomic E-state index is 11.2. The van der Waals surface area contributed by atoms with Crippen LogP contribution < -0.4 is 37.4 Å². The summed E-state index contributed by atoms with van der Waals surface area (Å²) in [4.78, 5) is 10.4. The van der Waals surface area contributed by atoms with Gasteiger partial charge in [0.1, 0.15) is 23.6 Å². The van der Waals surface area contributed by atoms with Crippen LogP contribution in [0.1, 0.15) is 0 Å². The van der Waals surface area contributed by atoms with Gasteiger partial charge < -0.3 is 57.5 Å². The van der Waals surface area contributed by atoms with Crippen molar-refractivity contribution in [2.24, 2.45) is 0 Å². The molecule has 0 aliphatic heterocycles. The second-order valence-electron chi connectivity index (χ2n) is 6.78. The highest BCUT2D eigenvalue weighted by Gasteiger charge is 2.21. The molecule has 36 heavy (non-hydrogen) atoms. The zero-order valence-electron chi connectivity index (χ0n) is 17.9. The lowest BCUT2D eigenvalue weighted by Gasteiger charge is -2.38. The predicted octanol–water partition coefficient (Wildman–Crippen LogP) is -0.128. The first kappa shape index (κ1) is 28.1. The van der Waals surface area contributed by atoms with Gasteiger partial charge in [-0.3, -0.25) is 31.4 Å². The molecule has 198 valence electrons. The first-order chi connectivity index (χ1) is 17.0. The van der Waals surface area contributed by atoms with E-state index in [9.17, 15) is 51.6 Å². The third kappa shape index (κ3) is 7.16. The lowest BCUT2D eigenvalue weighted by Crippen LogP contribution is -2.39. The molecule has 2 rings (SSSR count). The van der Waals surface area contributed by atoms with Gasteiger partial charge >= 0.3 is 0 Å². The Morgan fingerprint density at radius 1 is 0.972 bits per heavy atom. The lowest BCUT2D eigenvalue weighted by molar-refractivity contribution is -0.383. The molecule has 9 N–H and O–H groups in total. The number of aliphatic hydroxyl groups excluding tert-OH is 3. The smallest absolute Gasteiger partial charge is 0.296 e. The van der Waals surface area contributed by atoms with Gasteiger partial charge in [-0.2, -0.15) is 0 Å². The van der Waals surface area contributed by atoms with Gasteiger partial charge in [0.05, 0.1) is 22.9 Å². The molecule has 0 aromatic heterocycles. The number of anilines is 5. The second kappa shape index (κ2) is 12.5. The van der Waals surface area contributed by atoms with E-state index >= 15 is 0 Å². The molecule has 19 nitrogen and oxygen atoms in total. The van der Waals surface area contributed by atoms with Gasteiger partial charge in [0, 0.05) is 23.6 Å². The second-order valence-corrected chi connectivity index (χ2v) is 6.78. The Hall–Kier alpha value is -4.18. The molecule has 0 aliphatic rings. The lowest BCUT2D eigenvalue weighted by atomic mass is 10.1. The number of nitrogens with zero attached hydrogens (tertiary/aromatic N) is 4. The van der Waals surface area contributed by atoms with E-state index in [1.807, 2.05) is 0 Å². The number of nitro benzene ring substituents is 1. The van der Waals surface area contributed by atoms with Crippen LogP contribution in [0.5, 0.6) is 0 Å². The number of hydrazine groups is 2. The monoisotopic (exact) mass is 512 g/mol. The van der Waals surface area contributed by atoms with Crippen LogP contribution in [0.25, 0.3) is 0 Å². The van der Waals surface area contributed by atoms with Crippen molar-refractivity contribution >= 4 is 34.1 Å². The van der Waals surface area contributed by atoms with Crippen LogP contribution in [-0.2, 0) is 0 Å². The Balaban J connectivity index is 2.26. The van der Waals surface area contributed by atoms with E-state index in [4.69, 9.17) is 5.11 Å². The number of rotatable bonds is 13. The summed E-state index contributed by atoms with van der Waals surface area (Å²) in [5.41, 5.74) is 6.70. The molecule has 2 aromatic carbocycles. The van der Waals surface area contributed by atoms with Gasteiger partial charge in [-0.1, -0.05) is 0 Å². The number of benzene rings is 2. The highest BCUT2D eigenvalue weighted by molar-refractivity contribution is 5.73. The van der Waals surface area contributed by atoms with E-state index in [-0.39, 0.29) is 17.1 Å². The van der Waals surface area contributed by atoms with E-state index in [2.05, 4.69) is 21.7 Å². The minimum absolute atomic E-state index is 0.152. The maximum absolute atomic E-state index is 11.2. The average molecular weight is 512 g/mol. The van der Waals surface area contributed by atoms with E-state index in [1.165, 1.54) is 0 Å². The predicted molar refractivity (Wildman–Crippen MR) is 125 cm³/mol. The molecule has 0 spiro atoms. The van der Waals surface area contributed by atoms with Crippen molar-refractivity contribution in [1.29, 1.82) is 0 Å². The molecule has 0 unspecified atom stereocenters. The van der Waals surface area contributed by atoms with Gasteiger partial charge in [0.15, 0.2) is 0 Å². The number of hydrogen-bond acceptors (Lipinski definition) is 18. The van der Waals surface area contributed by atoms with Crippen LogP contribution in [-0.4, -0.2) is 49.5 Å². The highest BCUT2D eigenvalue weighted by atomic mass is 16.8. The Bertz CT molecular complexity index is 1070. The van der Waals surface area contributed by atoms with Crippen LogP contribution in [0, 0.1) is 30.9 Å². The fraction of sp³-hybridized carbons (Fsp3) is 0.176. The van der Waals surface area contributed by atoms with E-state index in [1.54, 1.807) is 0 Å².